The second-order valence-electron chi connectivity index (χ2n) is 2.63. The molecule has 0 atom stereocenters. The minimum Gasteiger partial charge on any atom is -0.0641 e. The van der Waals surface area contributed by atoms with E-state index in [0.717, 1.165) is 0 Å². The molecule has 50 valence electrons. The van der Waals surface area contributed by atoms with Gasteiger partial charge in [-0.25, -0.2) is 0 Å². The minimum absolute atomic E-state index is 0.646. The fourth-order valence-electron chi connectivity index (χ4n) is 1.02. The Morgan fingerprint density at radius 3 is 2.50 bits per heavy atom. The van der Waals surface area contributed by atoms with Crippen LogP contribution in [-0.2, 0) is 6.32 Å². The molecule has 0 unspecified atom stereocenters. The second kappa shape index (κ2) is 2.91. The molecular weight excluding hydrogens is 119 g/mol. The first-order chi connectivity index (χ1) is 4.74. The first-order valence-electron chi connectivity index (χ1n) is 3.50. The standard InChI is InChI=1S/C9H11B/c1-7-3-4-8(2)9(5-7)6-10/h3-5H,6H2,1-2H3. The summed E-state index contributed by atoms with van der Waals surface area (Å²) in [5, 5.41) is 0. The van der Waals surface area contributed by atoms with Crippen LogP contribution in [0.25, 0.3) is 0 Å². The normalized spacial score (nSPS) is 9.80. The maximum atomic E-state index is 5.52. The Hall–Kier alpha value is -0.715. The summed E-state index contributed by atoms with van der Waals surface area (Å²) in [6.45, 7) is 4.17. The highest BCUT2D eigenvalue weighted by molar-refractivity contribution is 6.08. The van der Waals surface area contributed by atoms with E-state index in [1.807, 2.05) is 0 Å². The third-order valence-corrected chi connectivity index (χ3v) is 1.72. The fraction of sp³-hybridized carbons (Fsp3) is 0.333. The van der Waals surface area contributed by atoms with Gasteiger partial charge in [0.1, 0.15) is 0 Å². The van der Waals surface area contributed by atoms with Crippen LogP contribution in [0.2, 0.25) is 0 Å². The molecule has 1 rings (SSSR count). The molecule has 0 bridgehead atoms. The largest absolute Gasteiger partial charge is 0.0716 e. The Balaban J connectivity index is 3.09. The lowest BCUT2D eigenvalue weighted by molar-refractivity contribution is 1.27. The molecule has 1 aromatic rings. The van der Waals surface area contributed by atoms with E-state index in [2.05, 4.69) is 32.0 Å². The molecular formula is C9H11B. The van der Waals surface area contributed by atoms with Crippen LogP contribution >= 0.6 is 0 Å². The molecule has 1 heteroatoms. The second-order valence-corrected chi connectivity index (χ2v) is 2.63. The lowest BCUT2D eigenvalue weighted by atomic mass is 9.92. The number of hydrogen-bond acceptors (Lipinski definition) is 0. The summed E-state index contributed by atoms with van der Waals surface area (Å²) in [7, 11) is 5.52. The average Bonchev–Trinajstić information content (AvgIpc) is 1.94. The number of benzene rings is 1. The highest BCUT2D eigenvalue weighted by atomic mass is 14.0. The van der Waals surface area contributed by atoms with Gasteiger partial charge in [0.15, 0.2) is 0 Å². The molecule has 0 aromatic heterocycles. The average molecular weight is 130 g/mol. The van der Waals surface area contributed by atoms with Crippen LogP contribution in [0, 0.1) is 13.8 Å². The Labute approximate surface area is 63.7 Å². The Kier molecular flexibility index (Phi) is 2.15. The van der Waals surface area contributed by atoms with Gasteiger partial charge in [-0.3, -0.25) is 0 Å². The van der Waals surface area contributed by atoms with Crippen molar-refractivity contribution in [2.24, 2.45) is 0 Å². The number of hydrogen-bond donors (Lipinski definition) is 0. The topological polar surface area (TPSA) is 0 Å². The summed E-state index contributed by atoms with van der Waals surface area (Å²) < 4.78 is 0. The molecule has 1 aromatic carbocycles. The zero-order valence-corrected chi connectivity index (χ0v) is 6.52. The van der Waals surface area contributed by atoms with Crippen LogP contribution in [0.4, 0.5) is 0 Å². The van der Waals surface area contributed by atoms with Gasteiger partial charge < -0.3 is 0 Å². The van der Waals surface area contributed by atoms with Crippen molar-refractivity contribution in [3.8, 4) is 0 Å². The van der Waals surface area contributed by atoms with Gasteiger partial charge >= 0.3 is 0 Å². The predicted octanol–water partition coefficient (Wildman–Crippen LogP) is 1.97. The number of aryl methyl sites for hydroxylation is 2. The molecule has 0 amide bonds. The summed E-state index contributed by atoms with van der Waals surface area (Å²) in [6.07, 6.45) is 0.646. The molecule has 0 fully saturated rings. The summed E-state index contributed by atoms with van der Waals surface area (Å²) >= 11 is 0. The Morgan fingerprint density at radius 1 is 1.30 bits per heavy atom. The molecule has 0 aliphatic rings. The van der Waals surface area contributed by atoms with E-state index in [1.165, 1.54) is 16.7 Å². The molecule has 10 heavy (non-hydrogen) atoms. The van der Waals surface area contributed by atoms with E-state index in [0.29, 0.717) is 6.32 Å². The van der Waals surface area contributed by atoms with Gasteiger partial charge in [-0.15, -0.1) is 0 Å². The van der Waals surface area contributed by atoms with Crippen molar-refractivity contribution in [1.82, 2.24) is 0 Å². The SMILES string of the molecule is [B]Cc1cc(C)ccc1C. The molecule has 0 nitrogen and oxygen atoms in total. The highest BCUT2D eigenvalue weighted by Crippen LogP contribution is 2.09. The van der Waals surface area contributed by atoms with E-state index in [-0.39, 0.29) is 0 Å². The van der Waals surface area contributed by atoms with Crippen LogP contribution < -0.4 is 0 Å². The van der Waals surface area contributed by atoms with Crippen molar-refractivity contribution in [3.63, 3.8) is 0 Å². The Bertz CT molecular complexity index is 228. The lowest BCUT2D eigenvalue weighted by Crippen LogP contribution is -1.88. The first-order valence-corrected chi connectivity index (χ1v) is 3.50. The third-order valence-electron chi connectivity index (χ3n) is 1.72. The fourth-order valence-corrected chi connectivity index (χ4v) is 1.02. The van der Waals surface area contributed by atoms with Crippen molar-refractivity contribution in [2.75, 3.05) is 0 Å². The van der Waals surface area contributed by atoms with Crippen molar-refractivity contribution < 1.29 is 0 Å². The summed E-state index contributed by atoms with van der Waals surface area (Å²) in [5.74, 6) is 0. The zero-order valence-electron chi connectivity index (χ0n) is 6.52. The quantitative estimate of drug-likeness (QED) is 0.509. The monoisotopic (exact) mass is 130 g/mol. The molecule has 0 N–H and O–H groups in total. The van der Waals surface area contributed by atoms with Crippen molar-refractivity contribution in [2.45, 2.75) is 20.2 Å². The minimum atomic E-state index is 0.646. The van der Waals surface area contributed by atoms with Crippen LogP contribution in [0.15, 0.2) is 18.2 Å². The van der Waals surface area contributed by atoms with Crippen LogP contribution in [0.1, 0.15) is 16.7 Å². The number of rotatable bonds is 1. The Morgan fingerprint density at radius 2 is 2.00 bits per heavy atom. The summed E-state index contributed by atoms with van der Waals surface area (Å²) in [6, 6.07) is 6.35. The van der Waals surface area contributed by atoms with E-state index in [1.54, 1.807) is 0 Å². The molecule has 2 radical (unpaired) electrons. The molecule has 0 saturated heterocycles. The maximum absolute atomic E-state index is 5.52. The first kappa shape index (κ1) is 7.39. The van der Waals surface area contributed by atoms with Gasteiger partial charge in [0.05, 0.1) is 7.85 Å². The van der Waals surface area contributed by atoms with Crippen LogP contribution in [-0.4, -0.2) is 7.85 Å². The van der Waals surface area contributed by atoms with Gasteiger partial charge in [0.2, 0.25) is 0 Å². The van der Waals surface area contributed by atoms with E-state index in [9.17, 15) is 0 Å². The lowest BCUT2D eigenvalue weighted by Gasteiger charge is -2.02. The van der Waals surface area contributed by atoms with E-state index < -0.39 is 0 Å². The summed E-state index contributed by atoms with van der Waals surface area (Å²) in [4.78, 5) is 0. The van der Waals surface area contributed by atoms with Gasteiger partial charge in [-0.05, 0) is 19.4 Å². The van der Waals surface area contributed by atoms with Crippen LogP contribution in [0.3, 0.4) is 0 Å². The van der Waals surface area contributed by atoms with Crippen LogP contribution in [0.5, 0.6) is 0 Å². The highest BCUT2D eigenvalue weighted by Gasteiger charge is 1.93. The van der Waals surface area contributed by atoms with Gasteiger partial charge in [0.25, 0.3) is 0 Å². The van der Waals surface area contributed by atoms with Crippen molar-refractivity contribution >= 4 is 7.85 Å². The smallest absolute Gasteiger partial charge is 0.0641 e. The third kappa shape index (κ3) is 1.41. The van der Waals surface area contributed by atoms with Crippen molar-refractivity contribution in [1.29, 1.82) is 0 Å². The van der Waals surface area contributed by atoms with Gasteiger partial charge in [0, 0.05) is 0 Å². The van der Waals surface area contributed by atoms with Gasteiger partial charge in [-0.1, -0.05) is 35.6 Å². The maximum Gasteiger partial charge on any atom is 0.0716 e. The van der Waals surface area contributed by atoms with E-state index >= 15 is 0 Å². The molecule has 0 saturated carbocycles. The molecule has 0 spiro atoms. The zero-order chi connectivity index (χ0) is 7.56. The molecule has 0 heterocycles. The van der Waals surface area contributed by atoms with Crippen molar-refractivity contribution in [3.05, 3.63) is 34.9 Å². The summed E-state index contributed by atoms with van der Waals surface area (Å²) in [5.41, 5.74) is 3.82. The predicted molar refractivity (Wildman–Crippen MR) is 45.4 cm³/mol. The molecule has 0 aliphatic carbocycles. The molecule has 0 aliphatic heterocycles. The van der Waals surface area contributed by atoms with Gasteiger partial charge in [-0.2, -0.15) is 0 Å². The van der Waals surface area contributed by atoms with E-state index in [4.69, 9.17) is 7.85 Å².